The normalized spacial score (nSPS) is 16.2. The minimum Gasteiger partial charge on any atom is -0.280 e. The molecule has 4 rings (SSSR count). The summed E-state index contributed by atoms with van der Waals surface area (Å²) in [5, 5.41) is 0.162. The molecule has 1 fully saturated rings. The first kappa shape index (κ1) is 21.7. The third kappa shape index (κ3) is 4.41. The summed E-state index contributed by atoms with van der Waals surface area (Å²) in [7, 11) is -7.67. The highest BCUT2D eigenvalue weighted by atomic mass is 32.2. The molecule has 10 heteroatoms. The van der Waals surface area contributed by atoms with Gasteiger partial charge in [-0.25, -0.2) is 21.2 Å². The van der Waals surface area contributed by atoms with Gasteiger partial charge < -0.3 is 0 Å². The Morgan fingerprint density at radius 3 is 2.23 bits per heavy atom. The van der Waals surface area contributed by atoms with Crippen LogP contribution in [0.1, 0.15) is 25.7 Å². The first-order chi connectivity index (χ1) is 14.8. The van der Waals surface area contributed by atoms with Crippen LogP contribution >= 0.6 is 0 Å². The molecule has 2 aromatic carbocycles. The molecule has 1 N–H and O–H groups in total. The fourth-order valence-electron chi connectivity index (χ4n) is 3.68. The number of nitrogens with zero attached hydrogens (tertiary/aromatic N) is 2. The third-order valence-electron chi connectivity index (χ3n) is 5.28. The Labute approximate surface area is 181 Å². The van der Waals surface area contributed by atoms with Crippen molar-refractivity contribution in [1.29, 1.82) is 0 Å². The van der Waals surface area contributed by atoms with Crippen LogP contribution in [0, 0.1) is 5.82 Å². The van der Waals surface area contributed by atoms with E-state index in [0.29, 0.717) is 13.1 Å². The number of halogens is 1. The summed E-state index contributed by atoms with van der Waals surface area (Å²) in [5.41, 5.74) is 0.167. The Morgan fingerprint density at radius 1 is 0.871 bits per heavy atom. The van der Waals surface area contributed by atoms with Crippen LogP contribution in [-0.2, 0) is 20.0 Å². The number of hydrogen-bond acceptors (Lipinski definition) is 5. The van der Waals surface area contributed by atoms with Gasteiger partial charge in [-0.1, -0.05) is 12.8 Å². The van der Waals surface area contributed by atoms with E-state index in [-0.39, 0.29) is 26.4 Å². The molecule has 1 aliphatic rings. The van der Waals surface area contributed by atoms with Gasteiger partial charge in [-0.2, -0.15) is 4.31 Å². The molecule has 0 aliphatic carbocycles. The minimum absolute atomic E-state index is 0.0377. The zero-order valence-corrected chi connectivity index (χ0v) is 18.3. The Hall–Kier alpha value is -2.56. The average Bonchev–Trinajstić information content (AvgIpc) is 3.04. The van der Waals surface area contributed by atoms with E-state index < -0.39 is 25.9 Å². The number of fused-ring (bicyclic) bond motifs is 1. The SMILES string of the molecule is O=S(=O)(Nc1ccc(S(=O)(=O)N2CCCCCC2)cc1)c1ccc(F)c2ncccc12. The lowest BCUT2D eigenvalue weighted by Crippen LogP contribution is -2.31. The summed E-state index contributed by atoms with van der Waals surface area (Å²) in [4.78, 5) is 3.92. The topological polar surface area (TPSA) is 96.4 Å². The smallest absolute Gasteiger partial charge is 0.262 e. The fraction of sp³-hybridized carbons (Fsp3) is 0.286. The second-order valence-corrected chi connectivity index (χ2v) is 11.0. The van der Waals surface area contributed by atoms with Gasteiger partial charge in [-0.3, -0.25) is 9.71 Å². The van der Waals surface area contributed by atoms with E-state index in [9.17, 15) is 21.2 Å². The predicted octanol–water partition coefficient (Wildman–Crippen LogP) is 3.74. The maximum absolute atomic E-state index is 14.0. The van der Waals surface area contributed by atoms with E-state index in [1.807, 2.05) is 0 Å². The zero-order chi connectivity index (χ0) is 22.1. The van der Waals surface area contributed by atoms with E-state index in [2.05, 4.69) is 9.71 Å². The molecule has 1 aliphatic heterocycles. The molecule has 2 heterocycles. The van der Waals surface area contributed by atoms with Gasteiger partial charge >= 0.3 is 0 Å². The van der Waals surface area contributed by atoms with Crippen molar-refractivity contribution in [1.82, 2.24) is 9.29 Å². The van der Waals surface area contributed by atoms with Gasteiger partial charge in [-0.05, 0) is 61.4 Å². The van der Waals surface area contributed by atoms with Crippen molar-refractivity contribution in [3.05, 3.63) is 60.5 Å². The standard InChI is InChI=1S/C21H22FN3O4S2/c22-19-11-12-20(18-6-5-13-23-21(18)19)30(26,27)24-16-7-9-17(10-8-16)31(28,29)25-14-3-1-2-4-15-25/h5-13,24H,1-4,14-15H2. The van der Waals surface area contributed by atoms with E-state index in [0.717, 1.165) is 31.7 Å². The molecule has 0 atom stereocenters. The van der Waals surface area contributed by atoms with Crippen LogP contribution in [0.25, 0.3) is 10.9 Å². The minimum atomic E-state index is -4.05. The van der Waals surface area contributed by atoms with Gasteiger partial charge in [0.25, 0.3) is 10.0 Å². The van der Waals surface area contributed by atoms with Crippen molar-refractivity contribution in [2.24, 2.45) is 0 Å². The number of sulfonamides is 2. The van der Waals surface area contributed by atoms with Crippen LogP contribution in [0.15, 0.2) is 64.5 Å². The number of anilines is 1. The van der Waals surface area contributed by atoms with Crippen molar-refractivity contribution in [3.8, 4) is 0 Å². The number of pyridine rings is 1. The van der Waals surface area contributed by atoms with Crippen LogP contribution in [0.2, 0.25) is 0 Å². The van der Waals surface area contributed by atoms with Crippen LogP contribution in [0.5, 0.6) is 0 Å². The largest absolute Gasteiger partial charge is 0.280 e. The zero-order valence-electron chi connectivity index (χ0n) is 16.7. The van der Waals surface area contributed by atoms with Crippen LogP contribution in [0.3, 0.4) is 0 Å². The Balaban J connectivity index is 1.60. The van der Waals surface area contributed by atoms with Crippen molar-refractivity contribution in [2.75, 3.05) is 17.8 Å². The average molecular weight is 464 g/mol. The molecule has 7 nitrogen and oxygen atoms in total. The molecule has 0 amide bonds. The summed E-state index contributed by atoms with van der Waals surface area (Å²) in [6.45, 7) is 0.977. The van der Waals surface area contributed by atoms with E-state index >= 15 is 0 Å². The first-order valence-electron chi connectivity index (χ1n) is 9.95. The van der Waals surface area contributed by atoms with Crippen molar-refractivity contribution >= 4 is 36.6 Å². The molecule has 0 radical (unpaired) electrons. The highest BCUT2D eigenvalue weighted by Crippen LogP contribution is 2.27. The Bertz CT molecular complexity index is 1300. The number of benzene rings is 2. The lowest BCUT2D eigenvalue weighted by Gasteiger charge is -2.20. The van der Waals surface area contributed by atoms with Gasteiger partial charge in [0.2, 0.25) is 10.0 Å². The monoisotopic (exact) mass is 463 g/mol. The second-order valence-electron chi connectivity index (χ2n) is 7.39. The summed E-state index contributed by atoms with van der Waals surface area (Å²) in [6, 6.07) is 10.9. The highest BCUT2D eigenvalue weighted by molar-refractivity contribution is 7.93. The third-order valence-corrected chi connectivity index (χ3v) is 8.63. The molecule has 3 aromatic rings. The maximum Gasteiger partial charge on any atom is 0.262 e. The molecular formula is C21H22FN3O4S2. The lowest BCUT2D eigenvalue weighted by molar-refractivity contribution is 0.424. The van der Waals surface area contributed by atoms with Crippen LogP contribution in [0.4, 0.5) is 10.1 Å². The van der Waals surface area contributed by atoms with Crippen LogP contribution < -0.4 is 4.72 Å². The second kappa shape index (κ2) is 8.52. The lowest BCUT2D eigenvalue weighted by atomic mass is 10.2. The summed E-state index contributed by atoms with van der Waals surface area (Å²) in [6.07, 6.45) is 5.08. The molecule has 0 unspecified atom stereocenters. The molecule has 0 spiro atoms. The fourth-order valence-corrected chi connectivity index (χ4v) is 6.46. The number of nitrogens with one attached hydrogen (secondary N) is 1. The highest BCUT2D eigenvalue weighted by Gasteiger charge is 2.25. The molecule has 1 aromatic heterocycles. The predicted molar refractivity (Wildman–Crippen MR) is 116 cm³/mol. The van der Waals surface area contributed by atoms with Gasteiger partial charge in [0.15, 0.2) is 0 Å². The van der Waals surface area contributed by atoms with Gasteiger partial charge in [0.05, 0.1) is 9.79 Å². The Morgan fingerprint density at radius 2 is 1.55 bits per heavy atom. The van der Waals surface area contributed by atoms with Gasteiger partial charge in [-0.15, -0.1) is 0 Å². The number of hydrogen-bond donors (Lipinski definition) is 1. The van der Waals surface area contributed by atoms with Crippen molar-refractivity contribution in [2.45, 2.75) is 35.5 Å². The molecular weight excluding hydrogens is 441 g/mol. The quantitative estimate of drug-likeness (QED) is 0.622. The van der Waals surface area contributed by atoms with E-state index in [1.165, 1.54) is 53.0 Å². The van der Waals surface area contributed by atoms with Crippen LogP contribution in [-0.4, -0.2) is 39.2 Å². The van der Waals surface area contributed by atoms with E-state index in [4.69, 9.17) is 0 Å². The molecule has 0 saturated carbocycles. The molecule has 164 valence electrons. The summed E-state index contributed by atoms with van der Waals surface area (Å²) >= 11 is 0. The molecule has 1 saturated heterocycles. The van der Waals surface area contributed by atoms with E-state index in [1.54, 1.807) is 0 Å². The maximum atomic E-state index is 14.0. The van der Waals surface area contributed by atoms with Gasteiger partial charge in [0.1, 0.15) is 11.3 Å². The molecule has 31 heavy (non-hydrogen) atoms. The number of aromatic nitrogens is 1. The summed E-state index contributed by atoms with van der Waals surface area (Å²) < 4.78 is 69.5. The number of rotatable bonds is 5. The molecule has 0 bridgehead atoms. The summed E-state index contributed by atoms with van der Waals surface area (Å²) in [5.74, 6) is -0.613. The van der Waals surface area contributed by atoms with Crippen molar-refractivity contribution in [3.63, 3.8) is 0 Å². The van der Waals surface area contributed by atoms with Gasteiger partial charge in [0, 0.05) is 30.4 Å². The van der Waals surface area contributed by atoms with Crippen molar-refractivity contribution < 1.29 is 21.2 Å². The first-order valence-corrected chi connectivity index (χ1v) is 12.9. The Kier molecular flexibility index (Phi) is 5.96.